The summed E-state index contributed by atoms with van der Waals surface area (Å²) in [6.45, 7) is 3.69. The molecule has 1 saturated carbocycles. The number of alkyl halides is 1. The summed E-state index contributed by atoms with van der Waals surface area (Å²) in [5, 5.41) is 8.89. The number of aryl methyl sites for hydroxylation is 1. The first-order valence-corrected chi connectivity index (χ1v) is 15.5. The van der Waals surface area contributed by atoms with Crippen molar-refractivity contribution in [1.29, 1.82) is 0 Å². The summed E-state index contributed by atoms with van der Waals surface area (Å²) in [6.07, 6.45) is 3.16. The van der Waals surface area contributed by atoms with Crippen molar-refractivity contribution in [1.82, 2.24) is 29.4 Å². The number of piperidine rings is 1. The van der Waals surface area contributed by atoms with E-state index in [0.29, 0.717) is 35.9 Å². The molecule has 10 nitrogen and oxygen atoms in total. The highest BCUT2D eigenvalue weighted by atomic mass is 19.1. The molecule has 0 spiro atoms. The number of carbonyl (C=O) groups excluding carboxylic acids is 2. The number of carbonyl (C=O) groups is 2. The fraction of sp³-hybridized carbons (Fsp3) is 0.353. The molecule has 2 atom stereocenters. The van der Waals surface area contributed by atoms with E-state index in [0.717, 1.165) is 56.9 Å². The number of pyridine rings is 2. The maximum atomic E-state index is 14.3. The van der Waals surface area contributed by atoms with E-state index in [1.807, 2.05) is 31.2 Å². The number of hydrogen-bond donors (Lipinski definition) is 2. The average Bonchev–Trinajstić information content (AvgIpc) is 3.56. The van der Waals surface area contributed by atoms with Gasteiger partial charge in [-0.1, -0.05) is 6.07 Å². The highest BCUT2D eigenvalue weighted by molar-refractivity contribution is 5.99. The summed E-state index contributed by atoms with van der Waals surface area (Å²) >= 11 is 0. The average molecular weight is 608 g/mol. The molecule has 6 heterocycles. The Bertz CT molecular complexity index is 2020. The molecule has 2 aliphatic heterocycles. The summed E-state index contributed by atoms with van der Waals surface area (Å²) in [5.74, 6) is 0.759. The molecule has 0 radical (unpaired) electrons. The van der Waals surface area contributed by atoms with Crippen molar-refractivity contribution in [3.05, 3.63) is 70.9 Å². The number of fused-ring (bicyclic) bond motifs is 3. The molecule has 4 aromatic heterocycles. The van der Waals surface area contributed by atoms with Gasteiger partial charge in [0.15, 0.2) is 0 Å². The summed E-state index contributed by atoms with van der Waals surface area (Å²) in [6, 6.07) is 13.4. The van der Waals surface area contributed by atoms with Gasteiger partial charge in [-0.3, -0.25) is 9.59 Å². The van der Waals surface area contributed by atoms with Crippen molar-refractivity contribution < 1.29 is 18.7 Å². The first-order valence-electron chi connectivity index (χ1n) is 15.5. The Kier molecular flexibility index (Phi) is 6.42. The van der Waals surface area contributed by atoms with E-state index in [2.05, 4.69) is 22.0 Å². The van der Waals surface area contributed by atoms with Crippen LogP contribution in [0.4, 0.5) is 4.39 Å². The zero-order chi connectivity index (χ0) is 31.0. The lowest BCUT2D eigenvalue weighted by molar-refractivity contribution is 0.0605. The fourth-order valence-corrected chi connectivity index (χ4v) is 6.84. The lowest BCUT2D eigenvalue weighted by Crippen LogP contribution is -2.50. The Balaban J connectivity index is 1.22. The van der Waals surface area contributed by atoms with Crippen LogP contribution in [0.2, 0.25) is 0 Å². The van der Waals surface area contributed by atoms with Crippen molar-refractivity contribution in [2.75, 3.05) is 20.2 Å². The third-order valence-electron chi connectivity index (χ3n) is 9.32. The number of halogens is 1. The number of aromatic nitrogens is 4. The normalized spacial score (nSPS) is 19.7. The van der Waals surface area contributed by atoms with Gasteiger partial charge in [0.2, 0.25) is 0 Å². The van der Waals surface area contributed by atoms with Gasteiger partial charge in [0, 0.05) is 53.9 Å². The molecule has 11 heteroatoms. The molecule has 1 aliphatic carbocycles. The van der Waals surface area contributed by atoms with E-state index in [9.17, 15) is 14.0 Å². The first-order chi connectivity index (χ1) is 21.8. The molecule has 2 fully saturated rings. The second kappa shape index (κ2) is 10.4. The SMILES string of the molecule is COc1cc(C(=O)N2C[C@H](N)C[C@@H](F)C2)cn2nc(-c3cc4ccc(-c5ccc6c(c5)CNC6=O)nc4n3CC3CC3)c(C)c12. The smallest absolute Gasteiger partial charge is 0.255 e. The predicted molar refractivity (Wildman–Crippen MR) is 168 cm³/mol. The van der Waals surface area contributed by atoms with E-state index in [1.54, 1.807) is 23.9 Å². The van der Waals surface area contributed by atoms with Gasteiger partial charge in [-0.05, 0) is 74.1 Å². The molecule has 0 unspecified atom stereocenters. The molecule has 2 amide bonds. The maximum Gasteiger partial charge on any atom is 0.255 e. The summed E-state index contributed by atoms with van der Waals surface area (Å²) in [7, 11) is 1.57. The second-order valence-corrected chi connectivity index (χ2v) is 12.6. The Hall–Kier alpha value is -4.77. The number of benzene rings is 1. The van der Waals surface area contributed by atoms with Crippen molar-refractivity contribution in [2.45, 2.75) is 51.5 Å². The van der Waals surface area contributed by atoms with E-state index >= 15 is 0 Å². The highest BCUT2D eigenvalue weighted by Crippen LogP contribution is 2.39. The standard InChI is InChI=1S/C34H34FN7O3/c1-18-30(39-42-15-23(11-29(45-2)31(18)42)34(44)40-16-24(35)12-25(36)17-40)28-10-21-6-8-27(38-32(21)41(28)14-19-3-4-19)20-5-7-26-22(9-20)13-37-33(26)43/h5-11,15,19,24-25H,3-4,12-14,16-17,36H2,1-2H3,(H,37,43)/t24-,25-/m1/s1. The Labute approximate surface area is 259 Å². The molecule has 0 bridgehead atoms. The van der Waals surface area contributed by atoms with Gasteiger partial charge in [0.05, 0.1) is 30.6 Å². The third kappa shape index (κ3) is 4.73. The quantitative estimate of drug-likeness (QED) is 0.293. The number of nitrogens with two attached hydrogens (primary N) is 1. The largest absolute Gasteiger partial charge is 0.494 e. The van der Waals surface area contributed by atoms with Crippen LogP contribution in [0.15, 0.2) is 48.7 Å². The van der Waals surface area contributed by atoms with Crippen LogP contribution in [-0.4, -0.2) is 68.3 Å². The number of hydrogen-bond acceptors (Lipinski definition) is 6. The second-order valence-electron chi connectivity index (χ2n) is 12.6. The van der Waals surface area contributed by atoms with E-state index in [1.165, 1.54) is 17.7 Å². The molecule has 5 aromatic rings. The summed E-state index contributed by atoms with van der Waals surface area (Å²) in [4.78, 5) is 32.2. The van der Waals surface area contributed by atoms with Gasteiger partial charge >= 0.3 is 0 Å². The Morgan fingerprint density at radius 3 is 2.78 bits per heavy atom. The van der Waals surface area contributed by atoms with Crippen molar-refractivity contribution in [2.24, 2.45) is 11.7 Å². The monoisotopic (exact) mass is 607 g/mol. The van der Waals surface area contributed by atoms with Crippen LogP contribution >= 0.6 is 0 Å². The van der Waals surface area contributed by atoms with Gasteiger partial charge in [0.1, 0.15) is 28.8 Å². The lowest BCUT2D eigenvalue weighted by atomic mass is 10.0. The minimum absolute atomic E-state index is 0.0208. The van der Waals surface area contributed by atoms with Gasteiger partial charge in [-0.25, -0.2) is 13.9 Å². The zero-order valence-corrected chi connectivity index (χ0v) is 25.2. The van der Waals surface area contributed by atoms with Crippen LogP contribution < -0.4 is 15.8 Å². The van der Waals surface area contributed by atoms with Crippen LogP contribution in [0.3, 0.4) is 0 Å². The molecule has 3 N–H and O–H groups in total. The first kappa shape index (κ1) is 27.8. The van der Waals surface area contributed by atoms with Crippen molar-refractivity contribution in [3.63, 3.8) is 0 Å². The highest BCUT2D eigenvalue weighted by Gasteiger charge is 2.31. The minimum Gasteiger partial charge on any atom is -0.494 e. The number of ether oxygens (including phenoxy) is 1. The van der Waals surface area contributed by atoms with Crippen LogP contribution in [0.5, 0.6) is 5.75 Å². The molecule has 1 aromatic carbocycles. The number of nitrogens with one attached hydrogen (secondary N) is 1. The molecular formula is C34H34FN7O3. The molecule has 45 heavy (non-hydrogen) atoms. The van der Waals surface area contributed by atoms with Crippen LogP contribution in [-0.2, 0) is 13.1 Å². The van der Waals surface area contributed by atoms with Crippen molar-refractivity contribution in [3.8, 4) is 28.4 Å². The van der Waals surface area contributed by atoms with E-state index in [4.69, 9.17) is 20.6 Å². The lowest BCUT2D eigenvalue weighted by Gasteiger charge is -2.33. The van der Waals surface area contributed by atoms with Gasteiger partial charge in [0.25, 0.3) is 11.8 Å². The molecule has 8 rings (SSSR count). The van der Waals surface area contributed by atoms with Crippen LogP contribution in [0, 0.1) is 12.8 Å². The summed E-state index contributed by atoms with van der Waals surface area (Å²) in [5.41, 5.74) is 14.2. The molecular weight excluding hydrogens is 573 g/mol. The minimum atomic E-state index is -1.15. The summed E-state index contributed by atoms with van der Waals surface area (Å²) < 4.78 is 24.0. The number of amides is 2. The topological polar surface area (TPSA) is 120 Å². The van der Waals surface area contributed by atoms with Crippen LogP contribution in [0.1, 0.15) is 51.1 Å². The number of nitrogens with zero attached hydrogens (tertiary/aromatic N) is 5. The number of likely N-dealkylation sites (tertiary alicyclic amines) is 1. The van der Waals surface area contributed by atoms with Gasteiger partial charge in [-0.2, -0.15) is 5.10 Å². The maximum absolute atomic E-state index is 14.3. The van der Waals surface area contributed by atoms with E-state index < -0.39 is 12.2 Å². The molecule has 230 valence electrons. The van der Waals surface area contributed by atoms with Crippen molar-refractivity contribution >= 4 is 28.4 Å². The predicted octanol–water partition coefficient (Wildman–Crippen LogP) is 4.50. The van der Waals surface area contributed by atoms with E-state index in [-0.39, 0.29) is 24.8 Å². The Morgan fingerprint density at radius 1 is 1.16 bits per heavy atom. The van der Waals surface area contributed by atoms with Gasteiger partial charge in [-0.15, -0.1) is 0 Å². The Morgan fingerprint density at radius 2 is 2.00 bits per heavy atom. The molecule has 1 saturated heterocycles. The third-order valence-corrected chi connectivity index (χ3v) is 9.32. The fourth-order valence-electron chi connectivity index (χ4n) is 6.84. The molecule has 3 aliphatic rings. The number of rotatable bonds is 6. The van der Waals surface area contributed by atoms with Gasteiger partial charge < -0.3 is 25.3 Å². The number of methoxy groups -OCH3 is 1. The zero-order valence-electron chi connectivity index (χ0n) is 25.2. The van der Waals surface area contributed by atoms with Crippen LogP contribution in [0.25, 0.3) is 39.2 Å².